The second-order valence-electron chi connectivity index (χ2n) is 2.98. The lowest BCUT2D eigenvalue weighted by Gasteiger charge is -2.04. The van der Waals surface area contributed by atoms with E-state index in [4.69, 9.17) is 0 Å². The van der Waals surface area contributed by atoms with E-state index in [-0.39, 0.29) is 5.91 Å². The quantitative estimate of drug-likeness (QED) is 0.683. The molecule has 0 fully saturated rings. The topological polar surface area (TPSA) is 34.0 Å². The van der Waals surface area contributed by atoms with E-state index >= 15 is 0 Å². The zero-order valence-corrected chi connectivity index (χ0v) is 7.99. The Morgan fingerprint density at radius 3 is 2.69 bits per heavy atom. The van der Waals surface area contributed by atoms with Gasteiger partial charge in [0.2, 0.25) is 5.91 Å². The summed E-state index contributed by atoms with van der Waals surface area (Å²) in [6.45, 7) is 3.60. The molecule has 0 atom stereocenters. The third-order valence-corrected chi connectivity index (χ3v) is 1.90. The molecular formula is C10H16N2O. The van der Waals surface area contributed by atoms with Crippen LogP contribution in [0.4, 0.5) is 0 Å². The fourth-order valence-corrected chi connectivity index (χ4v) is 1.13. The lowest BCUT2D eigenvalue weighted by molar-refractivity contribution is -0.120. The molecule has 0 saturated heterocycles. The first-order valence-corrected chi connectivity index (χ1v) is 4.70. The number of rotatable bonds is 5. The molecule has 0 saturated carbocycles. The summed E-state index contributed by atoms with van der Waals surface area (Å²) in [5.74, 6) is 0.132. The molecule has 0 aliphatic rings. The van der Waals surface area contributed by atoms with Crippen LogP contribution in [0, 0.1) is 0 Å². The number of hydrogen-bond donors (Lipinski definition) is 1. The van der Waals surface area contributed by atoms with Crippen molar-refractivity contribution in [2.75, 3.05) is 6.54 Å². The lowest BCUT2D eigenvalue weighted by Crippen LogP contribution is -2.23. The molecular weight excluding hydrogens is 164 g/mol. The van der Waals surface area contributed by atoms with Gasteiger partial charge in [0.25, 0.3) is 0 Å². The van der Waals surface area contributed by atoms with E-state index in [1.165, 1.54) is 0 Å². The maximum Gasteiger partial charge on any atom is 0.219 e. The van der Waals surface area contributed by atoms with Gasteiger partial charge in [-0.25, -0.2) is 0 Å². The molecule has 0 spiro atoms. The molecule has 72 valence electrons. The minimum atomic E-state index is 0.132. The molecule has 0 aromatic carbocycles. The maximum atomic E-state index is 10.9. The van der Waals surface area contributed by atoms with Crippen molar-refractivity contribution in [1.82, 2.24) is 9.88 Å². The van der Waals surface area contributed by atoms with Gasteiger partial charge in [-0.3, -0.25) is 4.79 Å². The summed E-state index contributed by atoms with van der Waals surface area (Å²) < 4.78 is 2.11. The number of carbonyl (C=O) groups excluding carboxylic acids is 1. The number of hydrogen-bond acceptors (Lipinski definition) is 1. The number of nitrogens with zero attached hydrogens (tertiary/aromatic N) is 1. The highest BCUT2D eigenvalue weighted by molar-refractivity contribution is 5.75. The minimum absolute atomic E-state index is 0.132. The van der Waals surface area contributed by atoms with Gasteiger partial charge in [-0.2, -0.15) is 0 Å². The predicted octanol–water partition coefficient (Wildman–Crippen LogP) is 1.40. The summed E-state index contributed by atoms with van der Waals surface area (Å²) in [4.78, 5) is 10.9. The molecule has 1 aromatic heterocycles. The van der Waals surface area contributed by atoms with E-state index in [1.807, 2.05) is 31.5 Å². The van der Waals surface area contributed by atoms with Crippen molar-refractivity contribution in [3.05, 3.63) is 24.5 Å². The summed E-state index contributed by atoms with van der Waals surface area (Å²) in [5.41, 5.74) is 0. The molecule has 3 heteroatoms. The molecule has 1 rings (SSSR count). The molecule has 0 aliphatic heterocycles. The highest BCUT2D eigenvalue weighted by Gasteiger charge is 1.94. The van der Waals surface area contributed by atoms with Gasteiger partial charge in [0.1, 0.15) is 0 Å². The van der Waals surface area contributed by atoms with E-state index in [0.29, 0.717) is 6.42 Å². The first-order valence-electron chi connectivity index (χ1n) is 4.70. The Hall–Kier alpha value is -1.25. The second kappa shape index (κ2) is 5.41. The van der Waals surface area contributed by atoms with Gasteiger partial charge in [-0.15, -0.1) is 0 Å². The maximum absolute atomic E-state index is 10.9. The summed E-state index contributed by atoms with van der Waals surface area (Å²) in [5, 5.41) is 2.84. The Kier molecular flexibility index (Phi) is 4.09. The van der Waals surface area contributed by atoms with Crippen molar-refractivity contribution in [1.29, 1.82) is 0 Å². The molecule has 0 radical (unpaired) electrons. The SMILES string of the molecule is CCC(=O)NCCCn1cccc1. The standard InChI is InChI=1S/C10H16N2O/c1-2-10(13)11-6-5-9-12-7-3-4-8-12/h3-4,7-8H,2,5-6,9H2,1H3,(H,11,13). The van der Waals surface area contributed by atoms with Gasteiger partial charge < -0.3 is 9.88 Å². The Morgan fingerprint density at radius 2 is 2.08 bits per heavy atom. The molecule has 0 unspecified atom stereocenters. The minimum Gasteiger partial charge on any atom is -0.356 e. The van der Waals surface area contributed by atoms with Crippen LogP contribution in [0.25, 0.3) is 0 Å². The van der Waals surface area contributed by atoms with Crippen molar-refractivity contribution < 1.29 is 4.79 Å². The Bertz CT molecular complexity index is 241. The number of aromatic nitrogens is 1. The first-order chi connectivity index (χ1) is 6.33. The van der Waals surface area contributed by atoms with Crippen LogP contribution in [0.1, 0.15) is 19.8 Å². The number of carbonyl (C=O) groups is 1. The van der Waals surface area contributed by atoms with Crippen LogP contribution < -0.4 is 5.32 Å². The van der Waals surface area contributed by atoms with Crippen LogP contribution in [0.2, 0.25) is 0 Å². The third kappa shape index (κ3) is 3.78. The van der Waals surface area contributed by atoms with Crippen LogP contribution in [0.3, 0.4) is 0 Å². The van der Waals surface area contributed by atoms with E-state index in [9.17, 15) is 4.79 Å². The van der Waals surface area contributed by atoms with E-state index in [2.05, 4.69) is 9.88 Å². The second-order valence-corrected chi connectivity index (χ2v) is 2.98. The summed E-state index contributed by atoms with van der Waals surface area (Å²) >= 11 is 0. The van der Waals surface area contributed by atoms with Crippen molar-refractivity contribution in [2.45, 2.75) is 26.3 Å². The normalized spacial score (nSPS) is 9.92. The van der Waals surface area contributed by atoms with E-state index < -0.39 is 0 Å². The van der Waals surface area contributed by atoms with Gasteiger partial charge >= 0.3 is 0 Å². The first kappa shape index (κ1) is 9.84. The average molecular weight is 180 g/mol. The fraction of sp³-hybridized carbons (Fsp3) is 0.500. The predicted molar refractivity (Wildman–Crippen MR) is 52.3 cm³/mol. The zero-order chi connectivity index (χ0) is 9.52. The highest BCUT2D eigenvalue weighted by atomic mass is 16.1. The van der Waals surface area contributed by atoms with Crippen LogP contribution in [-0.2, 0) is 11.3 Å². The smallest absolute Gasteiger partial charge is 0.219 e. The van der Waals surface area contributed by atoms with Crippen LogP contribution in [-0.4, -0.2) is 17.0 Å². The van der Waals surface area contributed by atoms with Crippen molar-refractivity contribution in [3.63, 3.8) is 0 Å². The number of amides is 1. The highest BCUT2D eigenvalue weighted by Crippen LogP contribution is 1.92. The van der Waals surface area contributed by atoms with Gasteiger partial charge in [0.15, 0.2) is 0 Å². The molecule has 3 nitrogen and oxygen atoms in total. The van der Waals surface area contributed by atoms with Crippen molar-refractivity contribution in [2.24, 2.45) is 0 Å². The zero-order valence-electron chi connectivity index (χ0n) is 7.99. The van der Waals surface area contributed by atoms with Crippen LogP contribution >= 0.6 is 0 Å². The molecule has 1 amide bonds. The van der Waals surface area contributed by atoms with Crippen LogP contribution in [0.5, 0.6) is 0 Å². The van der Waals surface area contributed by atoms with Gasteiger partial charge in [0.05, 0.1) is 0 Å². The van der Waals surface area contributed by atoms with Gasteiger partial charge in [-0.05, 0) is 18.6 Å². The van der Waals surface area contributed by atoms with E-state index in [0.717, 1.165) is 19.5 Å². The van der Waals surface area contributed by atoms with Gasteiger partial charge in [-0.1, -0.05) is 6.92 Å². The van der Waals surface area contributed by atoms with Gasteiger partial charge in [0, 0.05) is 31.9 Å². The largest absolute Gasteiger partial charge is 0.356 e. The average Bonchev–Trinajstić information content (AvgIpc) is 2.64. The molecule has 13 heavy (non-hydrogen) atoms. The molecule has 1 N–H and O–H groups in total. The monoisotopic (exact) mass is 180 g/mol. The molecule has 1 aromatic rings. The summed E-state index contributed by atoms with van der Waals surface area (Å²) in [6.07, 6.45) is 5.62. The Morgan fingerprint density at radius 1 is 1.38 bits per heavy atom. The Balaban J connectivity index is 2.05. The number of nitrogens with one attached hydrogen (secondary N) is 1. The molecule has 0 aliphatic carbocycles. The summed E-state index contributed by atoms with van der Waals surface area (Å²) in [7, 11) is 0. The van der Waals surface area contributed by atoms with E-state index in [1.54, 1.807) is 0 Å². The van der Waals surface area contributed by atoms with Crippen molar-refractivity contribution in [3.8, 4) is 0 Å². The molecule has 1 heterocycles. The lowest BCUT2D eigenvalue weighted by atomic mass is 10.4. The molecule has 0 bridgehead atoms. The third-order valence-electron chi connectivity index (χ3n) is 1.90. The van der Waals surface area contributed by atoms with Crippen molar-refractivity contribution >= 4 is 5.91 Å². The fourth-order valence-electron chi connectivity index (χ4n) is 1.13. The van der Waals surface area contributed by atoms with Crippen LogP contribution in [0.15, 0.2) is 24.5 Å². The Labute approximate surface area is 78.8 Å². The number of aryl methyl sites for hydroxylation is 1. The summed E-state index contributed by atoms with van der Waals surface area (Å²) in [6, 6.07) is 4.01.